The molecule has 1 unspecified atom stereocenters. The fourth-order valence-corrected chi connectivity index (χ4v) is 2.91. The van der Waals surface area contributed by atoms with Gasteiger partial charge < -0.3 is 25.0 Å². The van der Waals surface area contributed by atoms with Crippen LogP contribution in [0, 0.1) is 0 Å². The molecule has 2 N–H and O–H groups in total. The Labute approximate surface area is 184 Å². The first-order valence-corrected chi connectivity index (χ1v) is 9.19. The van der Waals surface area contributed by atoms with Gasteiger partial charge in [-0.25, -0.2) is 0 Å². The Hall–Kier alpha value is -2.00. The second kappa shape index (κ2) is 11.1. The molecule has 0 aliphatic carbocycles. The van der Waals surface area contributed by atoms with Gasteiger partial charge in [0.25, 0.3) is 0 Å². The molecule has 0 spiro atoms. The summed E-state index contributed by atoms with van der Waals surface area (Å²) in [6.07, 6.45) is -0.0521. The fourth-order valence-electron chi connectivity index (χ4n) is 2.91. The van der Waals surface area contributed by atoms with Crippen LogP contribution in [0.5, 0.6) is 11.5 Å². The van der Waals surface area contributed by atoms with Gasteiger partial charge in [-0.15, -0.1) is 24.0 Å². The average molecular weight is 496 g/mol. The zero-order valence-corrected chi connectivity index (χ0v) is 19.0. The van der Waals surface area contributed by atoms with Crippen molar-refractivity contribution >= 4 is 29.9 Å². The summed E-state index contributed by atoms with van der Waals surface area (Å²) in [6, 6.07) is 16.4. The van der Waals surface area contributed by atoms with Crippen molar-refractivity contribution in [3.05, 3.63) is 59.7 Å². The molecule has 0 saturated heterocycles. The van der Waals surface area contributed by atoms with Gasteiger partial charge in [-0.05, 0) is 37.4 Å². The maximum absolute atomic E-state index is 5.96. The normalized spacial score (nSPS) is 15.7. The summed E-state index contributed by atoms with van der Waals surface area (Å²) in [5.41, 5.74) is 2.52. The van der Waals surface area contributed by atoms with Gasteiger partial charge in [-0.1, -0.05) is 36.4 Å². The van der Waals surface area contributed by atoms with E-state index >= 15 is 0 Å². The monoisotopic (exact) mass is 496 g/mol. The number of guanidine groups is 1. The molecule has 0 fully saturated rings. The van der Waals surface area contributed by atoms with Gasteiger partial charge in [0.1, 0.15) is 12.7 Å². The third kappa shape index (κ3) is 6.56. The highest BCUT2D eigenvalue weighted by atomic mass is 127. The van der Waals surface area contributed by atoms with E-state index in [1.807, 2.05) is 24.3 Å². The molecule has 28 heavy (non-hydrogen) atoms. The van der Waals surface area contributed by atoms with E-state index in [0.717, 1.165) is 24.0 Å². The van der Waals surface area contributed by atoms with Crippen molar-refractivity contribution in [2.75, 3.05) is 34.3 Å². The molecule has 0 aromatic heterocycles. The first-order chi connectivity index (χ1) is 13.1. The minimum absolute atomic E-state index is 0. The van der Waals surface area contributed by atoms with Gasteiger partial charge >= 0.3 is 0 Å². The molecule has 1 aliphatic rings. The highest BCUT2D eigenvalue weighted by Crippen LogP contribution is 2.30. The van der Waals surface area contributed by atoms with Gasteiger partial charge in [0.15, 0.2) is 17.5 Å². The Morgan fingerprint density at radius 3 is 2.39 bits per heavy atom. The van der Waals surface area contributed by atoms with Crippen molar-refractivity contribution in [1.29, 1.82) is 0 Å². The average Bonchev–Trinajstić information content (AvgIpc) is 2.68. The van der Waals surface area contributed by atoms with E-state index in [2.05, 4.69) is 58.9 Å². The minimum atomic E-state index is -0.0521. The number of aliphatic imine (C=N–C) groups is 1. The van der Waals surface area contributed by atoms with Gasteiger partial charge in [0.05, 0.1) is 6.54 Å². The van der Waals surface area contributed by atoms with Crippen LogP contribution in [0.2, 0.25) is 0 Å². The molecule has 1 aliphatic heterocycles. The molecular formula is C21H29IN4O2. The molecule has 0 bridgehead atoms. The Balaban J connectivity index is 0.00000280. The van der Waals surface area contributed by atoms with Crippen molar-refractivity contribution < 1.29 is 9.47 Å². The number of rotatable bonds is 6. The number of benzene rings is 2. The minimum Gasteiger partial charge on any atom is -0.486 e. The highest BCUT2D eigenvalue weighted by Gasteiger charge is 2.20. The molecule has 2 aromatic carbocycles. The third-order valence-electron chi connectivity index (χ3n) is 4.27. The molecule has 2 aromatic rings. The number of nitrogens with one attached hydrogen (secondary N) is 2. The molecule has 0 radical (unpaired) electrons. The van der Waals surface area contributed by atoms with Crippen molar-refractivity contribution in [3.63, 3.8) is 0 Å². The van der Waals surface area contributed by atoms with E-state index in [9.17, 15) is 0 Å². The second-order valence-electron chi connectivity index (χ2n) is 6.86. The van der Waals surface area contributed by atoms with Crippen LogP contribution in [0.15, 0.2) is 53.5 Å². The summed E-state index contributed by atoms with van der Waals surface area (Å²) < 4.78 is 11.7. The zero-order chi connectivity index (χ0) is 19.1. The topological polar surface area (TPSA) is 58.1 Å². The van der Waals surface area contributed by atoms with Gasteiger partial charge in [0, 0.05) is 20.1 Å². The van der Waals surface area contributed by atoms with Crippen molar-refractivity contribution in [3.8, 4) is 11.5 Å². The standard InChI is InChI=1S/C21H28N4O2.HI/c1-22-21(23-12-16-8-10-17(11-9-16)14-25(2)3)24-13-18-15-26-19-6-4-5-7-20(19)27-18;/h4-11,18H,12-15H2,1-3H3,(H2,22,23,24);1H. The molecule has 152 valence electrons. The fraction of sp³-hybridized carbons (Fsp3) is 0.381. The van der Waals surface area contributed by atoms with Gasteiger partial charge in [0.2, 0.25) is 0 Å². The molecule has 0 saturated carbocycles. The van der Waals surface area contributed by atoms with Crippen LogP contribution >= 0.6 is 24.0 Å². The number of hydrogen-bond acceptors (Lipinski definition) is 4. The number of halogens is 1. The summed E-state index contributed by atoms with van der Waals surface area (Å²) >= 11 is 0. The molecule has 3 rings (SSSR count). The Bertz CT molecular complexity index is 765. The van der Waals surface area contributed by atoms with Crippen molar-refractivity contribution in [2.45, 2.75) is 19.2 Å². The molecule has 7 heteroatoms. The number of ether oxygens (including phenoxy) is 2. The van der Waals surface area contributed by atoms with E-state index in [4.69, 9.17) is 9.47 Å². The number of hydrogen-bond donors (Lipinski definition) is 2. The molecule has 1 atom stereocenters. The molecular weight excluding hydrogens is 467 g/mol. The van der Waals surface area contributed by atoms with Crippen molar-refractivity contribution in [2.24, 2.45) is 4.99 Å². The van der Waals surface area contributed by atoms with Gasteiger partial charge in [-0.2, -0.15) is 0 Å². The van der Waals surface area contributed by atoms with Crippen LogP contribution in [0.3, 0.4) is 0 Å². The Morgan fingerprint density at radius 1 is 1.04 bits per heavy atom. The summed E-state index contributed by atoms with van der Waals surface area (Å²) in [6.45, 7) is 2.81. The lowest BCUT2D eigenvalue weighted by molar-refractivity contribution is 0.0936. The largest absolute Gasteiger partial charge is 0.486 e. The number of fused-ring (bicyclic) bond motifs is 1. The number of para-hydroxylation sites is 2. The van der Waals surface area contributed by atoms with Crippen LogP contribution in [0.4, 0.5) is 0 Å². The highest BCUT2D eigenvalue weighted by molar-refractivity contribution is 14.0. The van der Waals surface area contributed by atoms with Crippen molar-refractivity contribution in [1.82, 2.24) is 15.5 Å². The molecule has 6 nitrogen and oxygen atoms in total. The van der Waals surface area contributed by atoms with E-state index in [1.54, 1.807) is 7.05 Å². The van der Waals surface area contributed by atoms with E-state index in [0.29, 0.717) is 19.7 Å². The predicted octanol–water partition coefficient (Wildman–Crippen LogP) is 2.87. The first kappa shape index (κ1) is 22.3. The zero-order valence-electron chi connectivity index (χ0n) is 16.6. The summed E-state index contributed by atoms with van der Waals surface area (Å²) in [7, 11) is 5.92. The lowest BCUT2D eigenvalue weighted by atomic mass is 10.1. The lowest BCUT2D eigenvalue weighted by Gasteiger charge is -2.27. The Morgan fingerprint density at radius 2 is 1.71 bits per heavy atom. The van der Waals surface area contributed by atoms with Crippen LogP contribution < -0.4 is 20.1 Å². The van der Waals surface area contributed by atoms with Crippen LogP contribution in [-0.4, -0.2) is 51.3 Å². The molecule has 0 amide bonds. The predicted molar refractivity (Wildman–Crippen MR) is 124 cm³/mol. The molecule has 1 heterocycles. The van der Waals surface area contributed by atoms with E-state index in [-0.39, 0.29) is 30.1 Å². The van der Waals surface area contributed by atoms with Crippen LogP contribution in [0.1, 0.15) is 11.1 Å². The summed E-state index contributed by atoms with van der Waals surface area (Å²) in [4.78, 5) is 6.44. The first-order valence-electron chi connectivity index (χ1n) is 9.19. The lowest BCUT2D eigenvalue weighted by Crippen LogP contribution is -2.45. The smallest absolute Gasteiger partial charge is 0.191 e. The summed E-state index contributed by atoms with van der Waals surface area (Å²) in [5.74, 6) is 2.33. The van der Waals surface area contributed by atoms with E-state index in [1.165, 1.54) is 11.1 Å². The van der Waals surface area contributed by atoms with Crippen LogP contribution in [0.25, 0.3) is 0 Å². The maximum atomic E-state index is 5.96. The Kier molecular flexibility index (Phi) is 8.85. The maximum Gasteiger partial charge on any atom is 0.191 e. The number of nitrogens with zero attached hydrogens (tertiary/aromatic N) is 2. The van der Waals surface area contributed by atoms with E-state index < -0.39 is 0 Å². The third-order valence-corrected chi connectivity index (χ3v) is 4.27. The quantitative estimate of drug-likeness (QED) is 0.366. The second-order valence-corrected chi connectivity index (χ2v) is 6.86. The SMILES string of the molecule is CN=C(NCc1ccc(CN(C)C)cc1)NCC1COc2ccccc2O1.I. The summed E-state index contributed by atoms with van der Waals surface area (Å²) in [5, 5.41) is 6.64. The van der Waals surface area contributed by atoms with Gasteiger partial charge in [-0.3, -0.25) is 4.99 Å². The van der Waals surface area contributed by atoms with Crippen LogP contribution in [-0.2, 0) is 13.1 Å².